The predicted octanol–water partition coefficient (Wildman–Crippen LogP) is 0.867. The Hall–Kier alpha value is -0.160. The normalized spacial score (nSPS) is 30.9. The van der Waals surface area contributed by atoms with Crippen LogP contribution in [0.25, 0.3) is 0 Å². The van der Waals surface area contributed by atoms with Crippen molar-refractivity contribution in [3.63, 3.8) is 0 Å². The van der Waals surface area contributed by atoms with E-state index in [1.54, 1.807) is 0 Å². The van der Waals surface area contributed by atoms with Gasteiger partial charge in [-0.2, -0.15) is 0 Å². The monoisotopic (exact) mass is 242 g/mol. The first-order valence-electron chi connectivity index (χ1n) is 6.93. The molecule has 4 nitrogen and oxygen atoms in total. The van der Waals surface area contributed by atoms with E-state index in [9.17, 15) is 0 Å². The van der Waals surface area contributed by atoms with Gasteiger partial charge in [0.25, 0.3) is 0 Å². The maximum atomic E-state index is 5.75. The lowest BCUT2D eigenvalue weighted by Crippen LogP contribution is -2.40. The quantitative estimate of drug-likeness (QED) is 0.701. The first kappa shape index (κ1) is 13.3. The Morgan fingerprint density at radius 2 is 2.06 bits per heavy atom. The fourth-order valence-electron chi connectivity index (χ4n) is 2.58. The number of nitrogens with zero attached hydrogens (tertiary/aromatic N) is 1. The van der Waals surface area contributed by atoms with Gasteiger partial charge in [-0.05, 0) is 39.3 Å². The smallest absolute Gasteiger partial charge is 0.0779 e. The minimum absolute atomic E-state index is 0.0962. The van der Waals surface area contributed by atoms with Crippen molar-refractivity contribution in [1.82, 2.24) is 10.2 Å². The average Bonchev–Trinajstić information content (AvgIpc) is 2.77. The summed E-state index contributed by atoms with van der Waals surface area (Å²) >= 11 is 0. The highest BCUT2D eigenvalue weighted by atomic mass is 16.5. The summed E-state index contributed by atoms with van der Waals surface area (Å²) in [5, 5.41) is 3.52. The topological polar surface area (TPSA) is 33.7 Å². The predicted molar refractivity (Wildman–Crippen MR) is 68.3 cm³/mol. The van der Waals surface area contributed by atoms with Crippen molar-refractivity contribution in [1.29, 1.82) is 0 Å². The number of rotatable bonds is 6. The Morgan fingerprint density at radius 3 is 2.76 bits per heavy atom. The van der Waals surface area contributed by atoms with Crippen LogP contribution in [0.1, 0.15) is 26.2 Å². The molecule has 1 unspecified atom stereocenters. The molecule has 2 aliphatic rings. The largest absolute Gasteiger partial charge is 0.379 e. The van der Waals surface area contributed by atoms with Gasteiger partial charge in [0.1, 0.15) is 0 Å². The third-order valence-electron chi connectivity index (χ3n) is 3.73. The molecule has 2 saturated heterocycles. The molecule has 4 heteroatoms. The molecule has 0 saturated carbocycles. The van der Waals surface area contributed by atoms with Gasteiger partial charge in [-0.15, -0.1) is 0 Å². The molecule has 0 aromatic carbocycles. The Balaban J connectivity index is 1.48. The number of ether oxygens (including phenoxy) is 2. The summed E-state index contributed by atoms with van der Waals surface area (Å²) in [4.78, 5) is 2.49. The molecule has 100 valence electrons. The zero-order valence-corrected chi connectivity index (χ0v) is 11.0. The fraction of sp³-hybridized carbons (Fsp3) is 1.00. The van der Waals surface area contributed by atoms with Crippen molar-refractivity contribution >= 4 is 0 Å². The van der Waals surface area contributed by atoms with Gasteiger partial charge in [0.05, 0.1) is 18.8 Å². The number of morpholine rings is 1. The highest BCUT2D eigenvalue weighted by Gasteiger charge is 2.28. The van der Waals surface area contributed by atoms with Gasteiger partial charge in [-0.1, -0.05) is 0 Å². The van der Waals surface area contributed by atoms with Crippen molar-refractivity contribution in [2.75, 3.05) is 52.5 Å². The molecular weight excluding hydrogens is 216 g/mol. The van der Waals surface area contributed by atoms with Crippen LogP contribution < -0.4 is 5.32 Å². The lowest BCUT2D eigenvalue weighted by Gasteiger charge is -2.27. The lowest BCUT2D eigenvalue weighted by atomic mass is 10.0. The first-order valence-corrected chi connectivity index (χ1v) is 6.93. The molecule has 0 bridgehead atoms. The molecule has 2 heterocycles. The van der Waals surface area contributed by atoms with E-state index in [2.05, 4.69) is 17.1 Å². The molecule has 2 aliphatic heterocycles. The fourth-order valence-corrected chi connectivity index (χ4v) is 2.58. The Labute approximate surface area is 105 Å². The minimum Gasteiger partial charge on any atom is -0.379 e. The Kier molecular flexibility index (Phi) is 5.22. The van der Waals surface area contributed by atoms with Crippen molar-refractivity contribution in [3.05, 3.63) is 0 Å². The molecule has 2 rings (SSSR count). The van der Waals surface area contributed by atoms with E-state index >= 15 is 0 Å². The second-order valence-electron chi connectivity index (χ2n) is 5.39. The first-order chi connectivity index (χ1) is 8.29. The highest BCUT2D eigenvalue weighted by molar-refractivity contribution is 4.82. The van der Waals surface area contributed by atoms with Crippen molar-refractivity contribution in [3.8, 4) is 0 Å². The van der Waals surface area contributed by atoms with E-state index in [1.165, 1.54) is 25.8 Å². The van der Waals surface area contributed by atoms with Gasteiger partial charge >= 0.3 is 0 Å². The Bertz CT molecular complexity index is 211. The van der Waals surface area contributed by atoms with Gasteiger partial charge in [0.2, 0.25) is 0 Å². The van der Waals surface area contributed by atoms with E-state index in [1.807, 2.05) is 0 Å². The van der Waals surface area contributed by atoms with E-state index in [0.29, 0.717) is 0 Å². The van der Waals surface area contributed by atoms with Gasteiger partial charge < -0.3 is 14.8 Å². The van der Waals surface area contributed by atoms with Gasteiger partial charge in [-0.25, -0.2) is 0 Å². The van der Waals surface area contributed by atoms with Gasteiger partial charge in [-0.3, -0.25) is 4.90 Å². The van der Waals surface area contributed by atoms with E-state index < -0.39 is 0 Å². The van der Waals surface area contributed by atoms with Crippen LogP contribution in [0, 0.1) is 0 Å². The van der Waals surface area contributed by atoms with E-state index in [0.717, 1.165) is 46.0 Å². The summed E-state index contributed by atoms with van der Waals surface area (Å²) in [5.74, 6) is 0. The van der Waals surface area contributed by atoms with Crippen LogP contribution >= 0.6 is 0 Å². The zero-order valence-electron chi connectivity index (χ0n) is 11.0. The van der Waals surface area contributed by atoms with Crippen LogP contribution in [-0.4, -0.2) is 63.0 Å². The van der Waals surface area contributed by atoms with Crippen molar-refractivity contribution in [2.45, 2.75) is 31.8 Å². The van der Waals surface area contributed by atoms with Crippen molar-refractivity contribution in [2.24, 2.45) is 0 Å². The van der Waals surface area contributed by atoms with Gasteiger partial charge in [0.15, 0.2) is 0 Å². The summed E-state index contributed by atoms with van der Waals surface area (Å²) in [6.07, 6.45) is 3.63. The standard InChI is InChI=1S/C13H26N2O2/c1-13(4-2-9-17-13)12-14-5-3-6-15-7-10-16-11-8-15/h14H,2-12H2,1H3. The summed E-state index contributed by atoms with van der Waals surface area (Å²) in [6, 6.07) is 0. The Morgan fingerprint density at radius 1 is 1.24 bits per heavy atom. The molecular formula is C13H26N2O2. The third-order valence-corrected chi connectivity index (χ3v) is 3.73. The minimum atomic E-state index is 0.0962. The molecule has 17 heavy (non-hydrogen) atoms. The third kappa shape index (κ3) is 4.54. The van der Waals surface area contributed by atoms with Crippen LogP contribution in [0.4, 0.5) is 0 Å². The molecule has 0 radical (unpaired) electrons. The van der Waals surface area contributed by atoms with Crippen LogP contribution in [-0.2, 0) is 9.47 Å². The lowest BCUT2D eigenvalue weighted by molar-refractivity contribution is 0.0201. The van der Waals surface area contributed by atoms with E-state index in [-0.39, 0.29) is 5.60 Å². The maximum Gasteiger partial charge on any atom is 0.0779 e. The highest BCUT2D eigenvalue weighted by Crippen LogP contribution is 2.23. The van der Waals surface area contributed by atoms with Crippen LogP contribution in [0.2, 0.25) is 0 Å². The van der Waals surface area contributed by atoms with Crippen LogP contribution in [0.5, 0.6) is 0 Å². The molecule has 0 spiro atoms. The van der Waals surface area contributed by atoms with Gasteiger partial charge in [0, 0.05) is 26.2 Å². The average molecular weight is 242 g/mol. The van der Waals surface area contributed by atoms with Crippen molar-refractivity contribution < 1.29 is 9.47 Å². The molecule has 2 fully saturated rings. The summed E-state index contributed by atoms with van der Waals surface area (Å²) in [7, 11) is 0. The summed E-state index contributed by atoms with van der Waals surface area (Å²) < 4.78 is 11.1. The SMILES string of the molecule is CC1(CNCCCN2CCOCC2)CCCO1. The second-order valence-corrected chi connectivity index (χ2v) is 5.39. The molecule has 1 N–H and O–H groups in total. The summed E-state index contributed by atoms with van der Waals surface area (Å²) in [6.45, 7) is 10.4. The zero-order chi connectivity index (χ0) is 12.0. The number of hydrogen-bond acceptors (Lipinski definition) is 4. The van der Waals surface area contributed by atoms with E-state index in [4.69, 9.17) is 9.47 Å². The van der Waals surface area contributed by atoms with Crippen LogP contribution in [0.15, 0.2) is 0 Å². The summed E-state index contributed by atoms with van der Waals surface area (Å²) in [5.41, 5.74) is 0.0962. The van der Waals surface area contributed by atoms with Crippen LogP contribution in [0.3, 0.4) is 0 Å². The number of nitrogens with one attached hydrogen (secondary N) is 1. The molecule has 1 atom stereocenters. The molecule has 0 aromatic heterocycles. The molecule has 0 aliphatic carbocycles. The molecule has 0 amide bonds. The molecule has 0 aromatic rings. The number of hydrogen-bond donors (Lipinski definition) is 1. The second kappa shape index (κ2) is 6.69. The maximum absolute atomic E-state index is 5.75.